The quantitative estimate of drug-likeness (QED) is 0.821. The number of esters is 1. The second kappa shape index (κ2) is 4.74. The summed E-state index contributed by atoms with van der Waals surface area (Å²) in [5, 5.41) is 19.6. The van der Waals surface area contributed by atoms with Crippen LogP contribution in [0.15, 0.2) is 4.47 Å². The Morgan fingerprint density at radius 1 is 1.38 bits per heavy atom. The molecule has 1 rings (SSSR count). The zero-order valence-electron chi connectivity index (χ0n) is 9.30. The van der Waals surface area contributed by atoms with E-state index in [9.17, 15) is 15.0 Å². The van der Waals surface area contributed by atoms with Gasteiger partial charge in [0.2, 0.25) is 0 Å². The number of hydrogen-bond donors (Lipinski definition) is 2. The van der Waals surface area contributed by atoms with Crippen molar-refractivity contribution in [3.8, 4) is 11.5 Å². The number of carbonyl (C=O) groups is 1. The topological polar surface area (TPSA) is 66.8 Å². The summed E-state index contributed by atoms with van der Waals surface area (Å²) in [5.41, 5.74) is 1.24. The van der Waals surface area contributed by atoms with Crippen LogP contribution in [0.4, 0.5) is 0 Å². The van der Waals surface area contributed by atoms with Crippen molar-refractivity contribution in [2.45, 2.75) is 20.3 Å². The first-order valence-electron chi connectivity index (χ1n) is 4.76. The monoisotopic (exact) mass is 288 g/mol. The third-order valence-electron chi connectivity index (χ3n) is 2.51. The van der Waals surface area contributed by atoms with Crippen molar-refractivity contribution < 1.29 is 19.7 Å². The Morgan fingerprint density at radius 3 is 2.38 bits per heavy atom. The maximum atomic E-state index is 11.5. The Bertz CT molecular complexity index is 440. The average Bonchev–Trinajstić information content (AvgIpc) is 2.27. The first-order valence-corrected chi connectivity index (χ1v) is 5.56. The lowest BCUT2D eigenvalue weighted by Gasteiger charge is -2.14. The largest absolute Gasteiger partial charge is 0.506 e. The van der Waals surface area contributed by atoms with E-state index in [1.54, 1.807) is 6.92 Å². The summed E-state index contributed by atoms with van der Waals surface area (Å²) in [7, 11) is 1.24. The van der Waals surface area contributed by atoms with E-state index in [0.29, 0.717) is 17.5 Å². The number of halogens is 1. The maximum Gasteiger partial charge on any atom is 0.341 e. The number of methoxy groups -OCH3 is 1. The van der Waals surface area contributed by atoms with E-state index >= 15 is 0 Å². The molecule has 0 fully saturated rings. The lowest BCUT2D eigenvalue weighted by Crippen LogP contribution is -2.07. The highest BCUT2D eigenvalue weighted by atomic mass is 79.9. The molecule has 0 unspecified atom stereocenters. The predicted molar refractivity (Wildman–Crippen MR) is 62.9 cm³/mol. The van der Waals surface area contributed by atoms with Crippen molar-refractivity contribution in [2.75, 3.05) is 7.11 Å². The van der Waals surface area contributed by atoms with E-state index < -0.39 is 5.97 Å². The SMILES string of the molecule is CCc1c(C)c(C(=O)OC)c(O)c(Br)c1O. The van der Waals surface area contributed by atoms with E-state index in [-0.39, 0.29) is 21.5 Å². The fourth-order valence-corrected chi connectivity index (χ4v) is 2.08. The highest BCUT2D eigenvalue weighted by molar-refractivity contribution is 9.10. The molecule has 0 saturated carbocycles. The highest BCUT2D eigenvalue weighted by Gasteiger charge is 2.23. The van der Waals surface area contributed by atoms with Gasteiger partial charge in [0.05, 0.1) is 7.11 Å². The number of phenolic OH excluding ortho intramolecular Hbond substituents is 2. The van der Waals surface area contributed by atoms with Crippen LogP contribution in [0, 0.1) is 6.92 Å². The molecule has 2 N–H and O–H groups in total. The van der Waals surface area contributed by atoms with Crippen molar-refractivity contribution in [1.29, 1.82) is 0 Å². The fraction of sp³-hybridized carbons (Fsp3) is 0.364. The minimum absolute atomic E-state index is 0.0369. The van der Waals surface area contributed by atoms with Gasteiger partial charge >= 0.3 is 5.97 Å². The molecule has 0 atom stereocenters. The molecule has 0 aromatic heterocycles. The molecule has 0 heterocycles. The molecule has 1 aromatic carbocycles. The molecule has 0 spiro atoms. The molecule has 0 bridgehead atoms. The van der Waals surface area contributed by atoms with Crippen molar-refractivity contribution in [2.24, 2.45) is 0 Å². The molecule has 88 valence electrons. The molecule has 4 nitrogen and oxygen atoms in total. The van der Waals surface area contributed by atoms with E-state index in [1.807, 2.05) is 6.92 Å². The second-order valence-electron chi connectivity index (χ2n) is 3.33. The Kier molecular flexibility index (Phi) is 3.80. The summed E-state index contributed by atoms with van der Waals surface area (Å²) < 4.78 is 4.71. The summed E-state index contributed by atoms with van der Waals surface area (Å²) in [4.78, 5) is 11.5. The Labute approximate surface area is 102 Å². The molecule has 5 heteroatoms. The summed E-state index contributed by atoms with van der Waals surface area (Å²) >= 11 is 3.05. The first-order chi connectivity index (χ1) is 7.45. The molecule has 0 aliphatic rings. The smallest absolute Gasteiger partial charge is 0.341 e. The minimum atomic E-state index is -0.620. The van der Waals surface area contributed by atoms with Crippen LogP contribution in [0.1, 0.15) is 28.4 Å². The lowest BCUT2D eigenvalue weighted by atomic mass is 9.98. The number of ether oxygens (including phenoxy) is 1. The van der Waals surface area contributed by atoms with Gasteiger partial charge in [-0.2, -0.15) is 0 Å². The van der Waals surface area contributed by atoms with Crippen molar-refractivity contribution in [3.63, 3.8) is 0 Å². The van der Waals surface area contributed by atoms with Gasteiger partial charge in [0.15, 0.2) is 0 Å². The van der Waals surface area contributed by atoms with Gasteiger partial charge in [-0.1, -0.05) is 6.92 Å². The molecule has 0 aliphatic heterocycles. The van der Waals surface area contributed by atoms with Gasteiger partial charge < -0.3 is 14.9 Å². The van der Waals surface area contributed by atoms with Crippen LogP contribution in [-0.2, 0) is 11.2 Å². The molecule has 0 amide bonds. The summed E-state index contributed by atoms with van der Waals surface area (Å²) in [6.07, 6.45) is 0.556. The van der Waals surface area contributed by atoms with Crippen molar-refractivity contribution in [3.05, 3.63) is 21.2 Å². The zero-order chi connectivity index (χ0) is 12.5. The van der Waals surface area contributed by atoms with Crippen LogP contribution >= 0.6 is 15.9 Å². The molecular formula is C11H13BrO4. The van der Waals surface area contributed by atoms with Crippen LogP contribution in [0.3, 0.4) is 0 Å². The van der Waals surface area contributed by atoms with Gasteiger partial charge in [-0.05, 0) is 40.4 Å². The van der Waals surface area contributed by atoms with Crippen LogP contribution in [0.5, 0.6) is 11.5 Å². The van der Waals surface area contributed by atoms with Crippen LogP contribution in [-0.4, -0.2) is 23.3 Å². The number of benzene rings is 1. The zero-order valence-corrected chi connectivity index (χ0v) is 10.9. The van der Waals surface area contributed by atoms with E-state index in [4.69, 9.17) is 0 Å². The van der Waals surface area contributed by atoms with E-state index in [0.717, 1.165) is 0 Å². The summed E-state index contributed by atoms with van der Waals surface area (Å²) in [6.45, 7) is 3.52. The van der Waals surface area contributed by atoms with Gasteiger partial charge in [0.25, 0.3) is 0 Å². The summed E-state index contributed by atoms with van der Waals surface area (Å²) in [6, 6.07) is 0. The van der Waals surface area contributed by atoms with Gasteiger partial charge in [-0.25, -0.2) is 4.79 Å². The van der Waals surface area contributed by atoms with Crippen LogP contribution < -0.4 is 0 Å². The lowest BCUT2D eigenvalue weighted by molar-refractivity contribution is 0.0596. The number of rotatable bonds is 2. The molecule has 0 radical (unpaired) electrons. The van der Waals surface area contributed by atoms with Crippen molar-refractivity contribution >= 4 is 21.9 Å². The number of phenols is 2. The molecule has 1 aromatic rings. The summed E-state index contributed by atoms with van der Waals surface area (Å²) in [5.74, 6) is -0.949. The molecule has 0 saturated heterocycles. The van der Waals surface area contributed by atoms with Gasteiger partial charge in [-0.15, -0.1) is 0 Å². The third-order valence-corrected chi connectivity index (χ3v) is 3.26. The molecule has 16 heavy (non-hydrogen) atoms. The standard InChI is InChI=1S/C11H13BrO4/c1-4-6-5(2)7(11(15)16-3)10(14)8(12)9(6)13/h13-14H,4H2,1-3H3. The minimum Gasteiger partial charge on any atom is -0.506 e. The Balaban J connectivity index is 3.62. The van der Waals surface area contributed by atoms with Crippen LogP contribution in [0.2, 0.25) is 0 Å². The second-order valence-corrected chi connectivity index (χ2v) is 4.13. The van der Waals surface area contributed by atoms with E-state index in [1.165, 1.54) is 7.11 Å². The molecule has 0 aliphatic carbocycles. The maximum absolute atomic E-state index is 11.5. The third kappa shape index (κ3) is 1.87. The average molecular weight is 289 g/mol. The Hall–Kier alpha value is -1.23. The van der Waals surface area contributed by atoms with E-state index in [2.05, 4.69) is 20.7 Å². The van der Waals surface area contributed by atoms with Gasteiger partial charge in [-0.3, -0.25) is 0 Å². The Morgan fingerprint density at radius 2 is 1.94 bits per heavy atom. The normalized spacial score (nSPS) is 10.2. The number of hydrogen-bond acceptors (Lipinski definition) is 4. The molecular weight excluding hydrogens is 276 g/mol. The van der Waals surface area contributed by atoms with Gasteiger partial charge in [0, 0.05) is 0 Å². The van der Waals surface area contributed by atoms with Gasteiger partial charge in [0.1, 0.15) is 21.5 Å². The van der Waals surface area contributed by atoms with Crippen LogP contribution in [0.25, 0.3) is 0 Å². The van der Waals surface area contributed by atoms with Crippen molar-refractivity contribution in [1.82, 2.24) is 0 Å². The fourth-order valence-electron chi connectivity index (χ4n) is 1.64. The highest BCUT2D eigenvalue weighted by Crippen LogP contribution is 2.41. The number of carbonyl (C=O) groups excluding carboxylic acids is 1. The number of aromatic hydroxyl groups is 2. The first kappa shape index (κ1) is 12.8. The predicted octanol–water partition coefficient (Wildman–Crippen LogP) is 2.52.